The summed E-state index contributed by atoms with van der Waals surface area (Å²) in [5.74, 6) is 0.748. The molecule has 1 saturated heterocycles. The van der Waals surface area contributed by atoms with Gasteiger partial charge in [0, 0.05) is 13.1 Å². The molecule has 1 aliphatic carbocycles. The van der Waals surface area contributed by atoms with E-state index in [0.29, 0.717) is 16.6 Å². The van der Waals surface area contributed by atoms with E-state index in [1.807, 2.05) is 11.4 Å². The van der Waals surface area contributed by atoms with Gasteiger partial charge in [-0.3, -0.25) is 9.69 Å². The van der Waals surface area contributed by atoms with Crippen LogP contribution in [0.1, 0.15) is 19.3 Å². The zero-order valence-corrected chi connectivity index (χ0v) is 12.9. The van der Waals surface area contributed by atoms with Crippen LogP contribution in [-0.2, 0) is 9.53 Å². The summed E-state index contributed by atoms with van der Waals surface area (Å²) in [6, 6.07) is 1.64. The molecule has 20 heavy (non-hydrogen) atoms. The quantitative estimate of drug-likeness (QED) is 0.929. The molecule has 2 fully saturated rings. The first-order valence-corrected chi connectivity index (χ1v) is 8.35. The Kier molecular flexibility index (Phi) is 4.61. The van der Waals surface area contributed by atoms with Gasteiger partial charge < -0.3 is 10.1 Å². The highest BCUT2D eigenvalue weighted by Crippen LogP contribution is 2.30. The van der Waals surface area contributed by atoms with Crippen molar-refractivity contribution in [1.82, 2.24) is 4.90 Å². The van der Waals surface area contributed by atoms with Crippen LogP contribution >= 0.6 is 22.9 Å². The first-order chi connectivity index (χ1) is 9.74. The van der Waals surface area contributed by atoms with Gasteiger partial charge in [0.1, 0.15) is 10.4 Å². The third kappa shape index (κ3) is 3.17. The summed E-state index contributed by atoms with van der Waals surface area (Å²) in [4.78, 5) is 14.7. The number of anilines is 1. The van der Waals surface area contributed by atoms with Crippen LogP contribution in [-0.4, -0.2) is 43.2 Å². The van der Waals surface area contributed by atoms with Gasteiger partial charge in [-0.1, -0.05) is 18.0 Å². The molecule has 0 bridgehead atoms. The number of hydrogen-bond acceptors (Lipinski definition) is 4. The van der Waals surface area contributed by atoms with Gasteiger partial charge in [0.2, 0.25) is 5.91 Å². The lowest BCUT2D eigenvalue weighted by Gasteiger charge is -2.39. The highest BCUT2D eigenvalue weighted by molar-refractivity contribution is 7.15. The number of halogens is 1. The Morgan fingerprint density at radius 2 is 2.40 bits per heavy atom. The molecule has 2 aliphatic rings. The fourth-order valence-electron chi connectivity index (χ4n) is 2.70. The van der Waals surface area contributed by atoms with Crippen molar-refractivity contribution in [3.8, 4) is 0 Å². The van der Waals surface area contributed by atoms with Gasteiger partial charge in [0.05, 0.1) is 18.9 Å². The van der Waals surface area contributed by atoms with Gasteiger partial charge in [-0.15, -0.1) is 11.3 Å². The fraction of sp³-hybridized carbons (Fsp3) is 0.643. The van der Waals surface area contributed by atoms with Crippen LogP contribution in [0, 0.1) is 5.92 Å². The molecule has 2 heterocycles. The third-order valence-electron chi connectivity index (χ3n) is 4.14. The number of rotatable bonds is 4. The number of morpholine rings is 1. The Bertz CT molecular complexity index is 475. The van der Waals surface area contributed by atoms with Gasteiger partial charge in [0.25, 0.3) is 0 Å². The van der Waals surface area contributed by atoms with Crippen LogP contribution in [0.15, 0.2) is 11.4 Å². The molecule has 1 aromatic heterocycles. The molecule has 1 atom stereocenters. The maximum Gasteiger partial charge on any atom is 0.244 e. The van der Waals surface area contributed by atoms with E-state index >= 15 is 0 Å². The van der Waals surface area contributed by atoms with Crippen molar-refractivity contribution >= 4 is 34.5 Å². The van der Waals surface area contributed by atoms with Crippen LogP contribution in [0.4, 0.5) is 5.69 Å². The van der Waals surface area contributed by atoms with E-state index in [1.54, 1.807) is 0 Å². The fourth-order valence-corrected chi connectivity index (χ4v) is 3.54. The number of carbonyl (C=O) groups excluding carboxylic acids is 1. The number of nitrogens with zero attached hydrogens (tertiary/aromatic N) is 1. The van der Waals surface area contributed by atoms with Crippen LogP contribution in [0.25, 0.3) is 0 Å². The highest BCUT2D eigenvalue weighted by Gasteiger charge is 2.32. The number of nitrogens with one attached hydrogen (secondary N) is 1. The summed E-state index contributed by atoms with van der Waals surface area (Å²) in [6.07, 6.45) is 3.92. The monoisotopic (exact) mass is 314 g/mol. The zero-order valence-electron chi connectivity index (χ0n) is 11.3. The smallest absolute Gasteiger partial charge is 0.244 e. The lowest BCUT2D eigenvalue weighted by Crippen LogP contribution is -2.53. The Hall–Kier alpha value is -0.620. The summed E-state index contributed by atoms with van der Waals surface area (Å²) < 4.78 is 6.11. The van der Waals surface area contributed by atoms with Crippen molar-refractivity contribution in [2.24, 2.45) is 5.92 Å². The van der Waals surface area contributed by atoms with Crippen LogP contribution in [0.2, 0.25) is 4.34 Å². The molecular formula is C14H19ClN2O2S. The number of carbonyl (C=O) groups is 1. The van der Waals surface area contributed by atoms with E-state index in [1.165, 1.54) is 30.6 Å². The second-order valence-electron chi connectivity index (χ2n) is 5.48. The topological polar surface area (TPSA) is 41.6 Å². The molecule has 0 radical (unpaired) electrons. The average molecular weight is 315 g/mol. The first-order valence-electron chi connectivity index (χ1n) is 7.09. The molecule has 1 saturated carbocycles. The molecule has 1 N–H and O–H groups in total. The summed E-state index contributed by atoms with van der Waals surface area (Å²) >= 11 is 7.46. The van der Waals surface area contributed by atoms with Gasteiger partial charge in [-0.25, -0.2) is 0 Å². The van der Waals surface area contributed by atoms with Gasteiger partial charge in [-0.05, 0) is 30.2 Å². The SMILES string of the molecule is O=C(Nc1ccsc1Cl)[C@@H]1COCCN1CC1CCC1. The normalized spacial score (nSPS) is 24.4. The van der Waals surface area contributed by atoms with Crippen molar-refractivity contribution in [2.45, 2.75) is 25.3 Å². The molecule has 1 aliphatic heterocycles. The molecule has 110 valence electrons. The molecule has 0 unspecified atom stereocenters. The van der Waals surface area contributed by atoms with E-state index in [9.17, 15) is 4.79 Å². The van der Waals surface area contributed by atoms with Crippen molar-refractivity contribution < 1.29 is 9.53 Å². The highest BCUT2D eigenvalue weighted by atomic mass is 35.5. The minimum absolute atomic E-state index is 0.00989. The van der Waals surface area contributed by atoms with E-state index in [2.05, 4.69) is 10.2 Å². The van der Waals surface area contributed by atoms with E-state index in [-0.39, 0.29) is 11.9 Å². The summed E-state index contributed by atoms with van der Waals surface area (Å²) in [5, 5.41) is 4.79. The van der Waals surface area contributed by atoms with E-state index < -0.39 is 0 Å². The molecule has 6 heteroatoms. The largest absolute Gasteiger partial charge is 0.378 e. The van der Waals surface area contributed by atoms with Crippen LogP contribution in [0.5, 0.6) is 0 Å². The number of thiophene rings is 1. The molecule has 0 spiro atoms. The van der Waals surface area contributed by atoms with Gasteiger partial charge >= 0.3 is 0 Å². The maximum atomic E-state index is 12.4. The molecule has 3 rings (SSSR count). The van der Waals surface area contributed by atoms with E-state index in [4.69, 9.17) is 16.3 Å². The predicted octanol–water partition coefficient (Wildman–Crippen LogP) is 2.84. The molecule has 1 amide bonds. The lowest BCUT2D eigenvalue weighted by molar-refractivity contribution is -0.128. The summed E-state index contributed by atoms with van der Waals surface area (Å²) in [6.45, 7) is 3.04. The summed E-state index contributed by atoms with van der Waals surface area (Å²) in [5.41, 5.74) is 0.704. The van der Waals surface area contributed by atoms with Gasteiger partial charge in [0.15, 0.2) is 0 Å². The first kappa shape index (κ1) is 14.3. The standard InChI is InChI=1S/C14H19ClN2O2S/c15-13-11(4-7-20-13)16-14(18)12-9-19-6-5-17(12)8-10-2-1-3-10/h4,7,10,12H,1-3,5-6,8-9H2,(H,16,18)/t12-/m0/s1. The average Bonchev–Trinajstić information content (AvgIpc) is 2.80. The third-order valence-corrected chi connectivity index (χ3v) is 5.31. The zero-order chi connectivity index (χ0) is 13.9. The summed E-state index contributed by atoms with van der Waals surface area (Å²) in [7, 11) is 0. The Balaban J connectivity index is 1.62. The minimum Gasteiger partial charge on any atom is -0.378 e. The van der Waals surface area contributed by atoms with Crippen molar-refractivity contribution in [1.29, 1.82) is 0 Å². The van der Waals surface area contributed by atoms with Crippen molar-refractivity contribution in [3.63, 3.8) is 0 Å². The van der Waals surface area contributed by atoms with Gasteiger partial charge in [-0.2, -0.15) is 0 Å². The van der Waals surface area contributed by atoms with Crippen molar-refractivity contribution in [2.75, 3.05) is 31.6 Å². The lowest BCUT2D eigenvalue weighted by atomic mass is 9.84. The van der Waals surface area contributed by atoms with E-state index in [0.717, 1.165) is 25.6 Å². The molecule has 1 aromatic rings. The predicted molar refractivity (Wildman–Crippen MR) is 81.5 cm³/mol. The van der Waals surface area contributed by atoms with Crippen LogP contribution < -0.4 is 5.32 Å². The van der Waals surface area contributed by atoms with Crippen molar-refractivity contribution in [3.05, 3.63) is 15.8 Å². The molecular weight excluding hydrogens is 296 g/mol. The number of amides is 1. The Morgan fingerprint density at radius 1 is 1.55 bits per heavy atom. The Morgan fingerprint density at radius 3 is 3.05 bits per heavy atom. The van der Waals surface area contributed by atoms with Crippen LogP contribution in [0.3, 0.4) is 0 Å². The number of hydrogen-bond donors (Lipinski definition) is 1. The Labute approximate surface area is 128 Å². The molecule has 4 nitrogen and oxygen atoms in total. The molecule has 0 aromatic carbocycles. The minimum atomic E-state index is -0.194. The second kappa shape index (κ2) is 6.43. The number of ether oxygens (including phenoxy) is 1. The maximum absolute atomic E-state index is 12.4. The second-order valence-corrected chi connectivity index (χ2v) is 7.00.